The van der Waals surface area contributed by atoms with E-state index in [9.17, 15) is 0 Å². The van der Waals surface area contributed by atoms with Gasteiger partial charge in [-0.3, -0.25) is 4.57 Å². The first kappa shape index (κ1) is 18.0. The zero-order valence-electron chi connectivity index (χ0n) is 15.7. The van der Waals surface area contributed by atoms with Gasteiger partial charge in [0.15, 0.2) is 5.16 Å². The molecule has 0 radical (unpaired) electrons. The predicted octanol–water partition coefficient (Wildman–Crippen LogP) is 4.13. The maximum absolute atomic E-state index is 5.57. The van der Waals surface area contributed by atoms with Crippen molar-refractivity contribution >= 4 is 17.7 Å². The van der Waals surface area contributed by atoms with Crippen molar-refractivity contribution in [3.8, 4) is 5.75 Å². The molecule has 1 aromatic carbocycles. The van der Waals surface area contributed by atoms with E-state index in [4.69, 9.17) is 9.15 Å². The fourth-order valence-corrected chi connectivity index (χ4v) is 4.31. The summed E-state index contributed by atoms with van der Waals surface area (Å²) in [5.74, 6) is 3.53. The number of aryl methyl sites for hydroxylation is 1. The van der Waals surface area contributed by atoms with Crippen LogP contribution in [0.25, 0.3) is 0 Å². The highest BCUT2D eigenvalue weighted by Gasteiger charge is 2.22. The maximum Gasteiger partial charge on any atom is 0.228 e. The lowest BCUT2D eigenvalue weighted by atomic mass is 10.1. The molecule has 0 unspecified atom stereocenters. The van der Waals surface area contributed by atoms with E-state index in [0.29, 0.717) is 6.54 Å². The number of ether oxygens (including phenoxy) is 1. The Morgan fingerprint density at radius 3 is 2.78 bits per heavy atom. The SMILES string of the molecule is COc1ccc(C)cc1CSc1nnc(N2CCCC2)n1Cc1ccco1. The minimum absolute atomic E-state index is 0.638. The molecule has 0 atom stereocenters. The van der Waals surface area contributed by atoms with Crippen LogP contribution in [-0.2, 0) is 12.3 Å². The highest BCUT2D eigenvalue weighted by Crippen LogP contribution is 2.31. The summed E-state index contributed by atoms with van der Waals surface area (Å²) >= 11 is 1.68. The number of benzene rings is 1. The normalized spacial score (nSPS) is 14.1. The van der Waals surface area contributed by atoms with Gasteiger partial charge in [-0.15, -0.1) is 10.2 Å². The number of methoxy groups -OCH3 is 1. The largest absolute Gasteiger partial charge is 0.496 e. The number of rotatable bonds is 7. The molecule has 3 heterocycles. The molecule has 0 amide bonds. The van der Waals surface area contributed by atoms with Gasteiger partial charge >= 0.3 is 0 Å². The lowest BCUT2D eigenvalue weighted by Crippen LogP contribution is -2.22. The highest BCUT2D eigenvalue weighted by atomic mass is 32.2. The van der Waals surface area contributed by atoms with Crippen LogP contribution in [0.1, 0.15) is 29.7 Å². The average molecular weight is 385 g/mol. The first-order chi connectivity index (χ1) is 13.2. The Hall–Kier alpha value is -2.41. The molecule has 0 bridgehead atoms. The van der Waals surface area contributed by atoms with Crippen molar-refractivity contribution in [1.82, 2.24) is 14.8 Å². The van der Waals surface area contributed by atoms with E-state index in [1.807, 2.05) is 18.2 Å². The Morgan fingerprint density at radius 2 is 2.04 bits per heavy atom. The smallest absolute Gasteiger partial charge is 0.228 e. The van der Waals surface area contributed by atoms with Gasteiger partial charge < -0.3 is 14.1 Å². The third-order valence-corrected chi connectivity index (χ3v) is 5.79. The van der Waals surface area contributed by atoms with Gasteiger partial charge in [0, 0.05) is 24.4 Å². The summed E-state index contributed by atoms with van der Waals surface area (Å²) in [4.78, 5) is 2.31. The molecule has 2 aromatic heterocycles. The molecule has 1 aliphatic rings. The molecule has 4 rings (SSSR count). The van der Waals surface area contributed by atoms with E-state index in [-0.39, 0.29) is 0 Å². The van der Waals surface area contributed by atoms with Crippen LogP contribution in [0.5, 0.6) is 5.75 Å². The number of aromatic nitrogens is 3. The third-order valence-electron chi connectivity index (χ3n) is 4.77. The van der Waals surface area contributed by atoms with Crippen molar-refractivity contribution in [3.05, 3.63) is 53.5 Å². The summed E-state index contributed by atoms with van der Waals surface area (Å²) in [6.07, 6.45) is 4.12. The zero-order chi connectivity index (χ0) is 18.6. The van der Waals surface area contributed by atoms with E-state index in [2.05, 4.69) is 38.7 Å². The summed E-state index contributed by atoms with van der Waals surface area (Å²) in [5.41, 5.74) is 2.39. The van der Waals surface area contributed by atoms with Crippen LogP contribution in [0, 0.1) is 6.92 Å². The molecule has 1 aliphatic heterocycles. The van der Waals surface area contributed by atoms with Gasteiger partial charge in [0.05, 0.1) is 19.9 Å². The van der Waals surface area contributed by atoms with Gasteiger partial charge in [-0.2, -0.15) is 0 Å². The predicted molar refractivity (Wildman–Crippen MR) is 107 cm³/mol. The zero-order valence-corrected chi connectivity index (χ0v) is 16.5. The van der Waals surface area contributed by atoms with Gasteiger partial charge in [-0.1, -0.05) is 29.5 Å². The second kappa shape index (κ2) is 8.08. The topological polar surface area (TPSA) is 56.3 Å². The minimum atomic E-state index is 0.638. The Bertz CT molecular complexity index is 886. The van der Waals surface area contributed by atoms with E-state index >= 15 is 0 Å². The van der Waals surface area contributed by atoms with Crippen molar-refractivity contribution in [2.24, 2.45) is 0 Å². The van der Waals surface area contributed by atoms with Crippen LogP contribution < -0.4 is 9.64 Å². The number of anilines is 1. The summed E-state index contributed by atoms with van der Waals surface area (Å²) in [6.45, 7) is 4.80. The second-order valence-electron chi connectivity index (χ2n) is 6.75. The molecule has 0 spiro atoms. The van der Waals surface area contributed by atoms with Crippen molar-refractivity contribution in [2.45, 2.75) is 37.2 Å². The van der Waals surface area contributed by atoms with E-state index in [0.717, 1.165) is 47.0 Å². The summed E-state index contributed by atoms with van der Waals surface area (Å²) < 4.78 is 13.2. The van der Waals surface area contributed by atoms with Crippen LogP contribution in [0.4, 0.5) is 5.95 Å². The summed E-state index contributed by atoms with van der Waals surface area (Å²) in [5, 5.41) is 9.88. The molecule has 0 aliphatic carbocycles. The molecule has 6 nitrogen and oxygen atoms in total. The van der Waals surface area contributed by atoms with Gasteiger partial charge in [-0.05, 0) is 38.0 Å². The lowest BCUT2D eigenvalue weighted by molar-refractivity contribution is 0.411. The Kier molecular flexibility index (Phi) is 5.38. The molecule has 1 fully saturated rings. The Balaban J connectivity index is 1.59. The van der Waals surface area contributed by atoms with Gasteiger partial charge in [0.1, 0.15) is 11.5 Å². The number of nitrogens with zero attached hydrogens (tertiary/aromatic N) is 4. The maximum atomic E-state index is 5.57. The van der Waals surface area contributed by atoms with Crippen LogP contribution in [0.2, 0.25) is 0 Å². The molecule has 0 saturated carbocycles. The van der Waals surface area contributed by atoms with Crippen molar-refractivity contribution < 1.29 is 9.15 Å². The lowest BCUT2D eigenvalue weighted by Gasteiger charge is -2.17. The molecule has 27 heavy (non-hydrogen) atoms. The van der Waals surface area contributed by atoms with E-state index in [1.165, 1.54) is 18.4 Å². The number of hydrogen-bond acceptors (Lipinski definition) is 6. The molecule has 1 saturated heterocycles. The molecular formula is C20H24N4O2S. The average Bonchev–Trinajstić information content (AvgIpc) is 3.43. The number of hydrogen-bond donors (Lipinski definition) is 0. The Morgan fingerprint density at radius 1 is 1.19 bits per heavy atom. The summed E-state index contributed by atoms with van der Waals surface area (Å²) in [7, 11) is 1.71. The standard InChI is InChI=1S/C20H24N4O2S/c1-15-7-8-18(25-2)16(12-15)14-27-20-22-21-19(23-9-3-4-10-23)24(20)13-17-6-5-11-26-17/h5-8,11-12H,3-4,9-10,13-14H2,1-2H3. The number of thioether (sulfide) groups is 1. The van der Waals surface area contributed by atoms with Crippen LogP contribution >= 0.6 is 11.8 Å². The van der Waals surface area contributed by atoms with Crippen molar-refractivity contribution in [3.63, 3.8) is 0 Å². The Labute approximate surface area is 163 Å². The number of furan rings is 1. The molecule has 0 N–H and O–H groups in total. The van der Waals surface area contributed by atoms with Gasteiger partial charge in [-0.25, -0.2) is 0 Å². The highest BCUT2D eigenvalue weighted by molar-refractivity contribution is 7.98. The van der Waals surface area contributed by atoms with Gasteiger partial charge in [0.2, 0.25) is 5.95 Å². The van der Waals surface area contributed by atoms with E-state index in [1.54, 1.807) is 25.1 Å². The third kappa shape index (κ3) is 3.98. The molecule has 142 valence electrons. The van der Waals surface area contributed by atoms with Crippen molar-refractivity contribution in [1.29, 1.82) is 0 Å². The fourth-order valence-electron chi connectivity index (χ4n) is 3.40. The first-order valence-electron chi connectivity index (χ1n) is 9.21. The summed E-state index contributed by atoms with van der Waals surface area (Å²) in [6, 6.07) is 10.2. The second-order valence-corrected chi connectivity index (χ2v) is 7.69. The van der Waals surface area contributed by atoms with Crippen molar-refractivity contribution in [2.75, 3.05) is 25.1 Å². The van der Waals surface area contributed by atoms with Crippen LogP contribution in [0.3, 0.4) is 0 Å². The minimum Gasteiger partial charge on any atom is -0.496 e. The van der Waals surface area contributed by atoms with Crippen LogP contribution in [0.15, 0.2) is 46.2 Å². The molecular weight excluding hydrogens is 360 g/mol. The monoisotopic (exact) mass is 384 g/mol. The van der Waals surface area contributed by atoms with Gasteiger partial charge in [0.25, 0.3) is 0 Å². The molecule has 3 aromatic rings. The van der Waals surface area contributed by atoms with E-state index < -0.39 is 0 Å². The first-order valence-corrected chi connectivity index (χ1v) is 10.2. The quantitative estimate of drug-likeness (QED) is 0.571. The fraction of sp³-hybridized carbons (Fsp3) is 0.400. The molecule has 7 heteroatoms. The van der Waals surface area contributed by atoms with Crippen LogP contribution in [-0.4, -0.2) is 35.0 Å².